The first-order valence-corrected chi connectivity index (χ1v) is 7.08. The second-order valence-electron chi connectivity index (χ2n) is 3.75. The molecule has 1 heterocycles. The van der Waals surface area contributed by atoms with Gasteiger partial charge in [-0.25, -0.2) is 0 Å². The maximum absolute atomic E-state index is 12.3. The van der Waals surface area contributed by atoms with E-state index in [9.17, 15) is 21.6 Å². The highest BCUT2D eigenvalue weighted by molar-refractivity contribution is 7.86. The van der Waals surface area contributed by atoms with Crippen LogP contribution in [0.5, 0.6) is 0 Å². The third-order valence-electron chi connectivity index (χ3n) is 2.41. The molecule has 0 spiro atoms. The molecule has 0 aromatic carbocycles. The number of nitrogens with zero attached hydrogens (tertiary/aromatic N) is 2. The minimum atomic E-state index is -4.56. The molecule has 102 valence electrons. The molecule has 0 N–H and O–H groups in total. The lowest BCUT2D eigenvalue weighted by Crippen LogP contribution is -2.47. The van der Waals surface area contributed by atoms with Gasteiger partial charge >= 0.3 is 6.18 Å². The minimum absolute atomic E-state index is 0.164. The van der Waals surface area contributed by atoms with Gasteiger partial charge in [-0.3, -0.25) is 0 Å². The van der Waals surface area contributed by atoms with E-state index in [-0.39, 0.29) is 25.5 Å². The Morgan fingerprint density at radius 3 is 2.18 bits per heavy atom. The number of hydrogen-bond donors (Lipinski definition) is 0. The standard InChI is InChI=1S/C8H14ClF3N2O2S/c9-3-6-14(7-8(10,11)12)17(15,16)13-4-1-2-5-13/h1-7H2. The van der Waals surface area contributed by atoms with Crippen molar-refractivity contribution in [1.29, 1.82) is 0 Å². The van der Waals surface area contributed by atoms with Gasteiger partial charge in [-0.15, -0.1) is 11.6 Å². The Balaban J connectivity index is 2.81. The van der Waals surface area contributed by atoms with E-state index in [4.69, 9.17) is 11.6 Å². The van der Waals surface area contributed by atoms with Crippen molar-refractivity contribution in [2.24, 2.45) is 0 Å². The third kappa shape index (κ3) is 4.27. The minimum Gasteiger partial charge on any atom is -0.195 e. The Hall–Kier alpha value is -0.0500. The molecule has 0 atom stereocenters. The molecule has 17 heavy (non-hydrogen) atoms. The van der Waals surface area contributed by atoms with E-state index < -0.39 is 22.9 Å². The fourth-order valence-corrected chi connectivity index (χ4v) is 3.63. The summed E-state index contributed by atoms with van der Waals surface area (Å²) in [6, 6.07) is 0. The van der Waals surface area contributed by atoms with Crippen LogP contribution in [-0.4, -0.2) is 55.3 Å². The third-order valence-corrected chi connectivity index (χ3v) is 4.56. The van der Waals surface area contributed by atoms with Gasteiger partial charge in [0.15, 0.2) is 0 Å². The lowest BCUT2D eigenvalue weighted by molar-refractivity contribution is -0.136. The summed E-state index contributed by atoms with van der Waals surface area (Å²) in [6.07, 6.45) is -3.20. The van der Waals surface area contributed by atoms with Crippen LogP contribution in [0.25, 0.3) is 0 Å². The molecule has 1 rings (SSSR count). The van der Waals surface area contributed by atoms with E-state index in [1.54, 1.807) is 0 Å². The highest BCUT2D eigenvalue weighted by Crippen LogP contribution is 2.22. The highest BCUT2D eigenvalue weighted by atomic mass is 35.5. The van der Waals surface area contributed by atoms with E-state index in [0.717, 1.165) is 4.31 Å². The monoisotopic (exact) mass is 294 g/mol. The first kappa shape index (κ1) is 15.0. The average molecular weight is 295 g/mol. The van der Waals surface area contributed by atoms with Crippen molar-refractivity contribution >= 4 is 21.8 Å². The van der Waals surface area contributed by atoms with Gasteiger partial charge in [0.2, 0.25) is 0 Å². The fourth-order valence-electron chi connectivity index (χ4n) is 1.65. The van der Waals surface area contributed by atoms with Crippen molar-refractivity contribution in [3.8, 4) is 0 Å². The Morgan fingerprint density at radius 2 is 1.76 bits per heavy atom. The lowest BCUT2D eigenvalue weighted by atomic mass is 10.4. The smallest absolute Gasteiger partial charge is 0.195 e. The molecule has 0 bridgehead atoms. The second kappa shape index (κ2) is 5.73. The van der Waals surface area contributed by atoms with E-state index in [1.807, 2.05) is 0 Å². The second-order valence-corrected chi connectivity index (χ2v) is 6.06. The van der Waals surface area contributed by atoms with Crippen molar-refractivity contribution < 1.29 is 21.6 Å². The number of rotatable bonds is 5. The Labute approximate surface area is 104 Å². The van der Waals surface area contributed by atoms with E-state index in [1.165, 1.54) is 0 Å². The maximum atomic E-state index is 12.3. The molecule has 4 nitrogen and oxygen atoms in total. The zero-order valence-corrected chi connectivity index (χ0v) is 10.7. The van der Waals surface area contributed by atoms with Crippen LogP contribution in [0.15, 0.2) is 0 Å². The van der Waals surface area contributed by atoms with Crippen LogP contribution in [-0.2, 0) is 10.2 Å². The topological polar surface area (TPSA) is 40.6 Å². The molecular formula is C8H14ClF3N2O2S. The summed E-state index contributed by atoms with van der Waals surface area (Å²) in [4.78, 5) is 0. The molecule has 0 radical (unpaired) electrons. The average Bonchev–Trinajstić information content (AvgIpc) is 2.68. The number of alkyl halides is 4. The Kier molecular flexibility index (Phi) is 5.06. The van der Waals surface area contributed by atoms with Crippen LogP contribution in [0.3, 0.4) is 0 Å². The molecule has 9 heteroatoms. The summed E-state index contributed by atoms with van der Waals surface area (Å²) < 4.78 is 62.1. The SMILES string of the molecule is O=S(=O)(N1CCCC1)N(CCCl)CC(F)(F)F. The van der Waals surface area contributed by atoms with Crippen LogP contribution in [0.4, 0.5) is 13.2 Å². The normalized spacial score (nSPS) is 19.1. The van der Waals surface area contributed by atoms with E-state index >= 15 is 0 Å². The van der Waals surface area contributed by atoms with Crippen LogP contribution in [0, 0.1) is 0 Å². The molecule has 1 saturated heterocycles. The van der Waals surface area contributed by atoms with Gasteiger partial charge in [0, 0.05) is 25.5 Å². The maximum Gasteiger partial charge on any atom is 0.402 e. The molecule has 0 saturated carbocycles. The summed E-state index contributed by atoms with van der Waals surface area (Å²) >= 11 is 5.35. The first-order valence-electron chi connectivity index (χ1n) is 5.15. The van der Waals surface area contributed by atoms with Crippen molar-refractivity contribution in [3.05, 3.63) is 0 Å². The Bertz CT molecular complexity index is 341. The van der Waals surface area contributed by atoms with Gasteiger partial charge in [-0.1, -0.05) is 0 Å². The summed E-state index contributed by atoms with van der Waals surface area (Å²) in [7, 11) is -4.03. The van der Waals surface area contributed by atoms with Crippen molar-refractivity contribution in [1.82, 2.24) is 8.61 Å². The van der Waals surface area contributed by atoms with Gasteiger partial charge in [0.1, 0.15) is 6.54 Å². The molecule has 1 aliphatic heterocycles. The molecular weight excluding hydrogens is 281 g/mol. The Morgan fingerprint density at radius 1 is 1.24 bits per heavy atom. The van der Waals surface area contributed by atoms with Crippen LogP contribution in [0.1, 0.15) is 12.8 Å². The van der Waals surface area contributed by atoms with Crippen molar-refractivity contribution in [3.63, 3.8) is 0 Å². The van der Waals surface area contributed by atoms with E-state index in [0.29, 0.717) is 17.1 Å². The summed E-state index contributed by atoms with van der Waals surface area (Å²) in [6.45, 7) is -1.27. The molecule has 0 aromatic rings. The van der Waals surface area contributed by atoms with Gasteiger partial charge < -0.3 is 0 Å². The van der Waals surface area contributed by atoms with Crippen molar-refractivity contribution in [2.75, 3.05) is 32.1 Å². The van der Waals surface area contributed by atoms with Gasteiger partial charge in [-0.05, 0) is 12.8 Å². The quantitative estimate of drug-likeness (QED) is 0.720. The van der Waals surface area contributed by atoms with Gasteiger partial charge in [0.05, 0.1) is 0 Å². The number of hydrogen-bond acceptors (Lipinski definition) is 2. The van der Waals surface area contributed by atoms with E-state index in [2.05, 4.69) is 0 Å². The fraction of sp³-hybridized carbons (Fsp3) is 1.00. The molecule has 0 amide bonds. The van der Waals surface area contributed by atoms with Crippen LogP contribution >= 0.6 is 11.6 Å². The van der Waals surface area contributed by atoms with Crippen LogP contribution in [0.2, 0.25) is 0 Å². The highest BCUT2D eigenvalue weighted by Gasteiger charge is 2.39. The zero-order valence-electron chi connectivity index (χ0n) is 9.08. The first-order chi connectivity index (χ1) is 7.77. The van der Waals surface area contributed by atoms with Gasteiger partial charge in [-0.2, -0.15) is 30.2 Å². The summed E-state index contributed by atoms with van der Waals surface area (Å²) in [5.41, 5.74) is 0. The summed E-state index contributed by atoms with van der Waals surface area (Å²) in [5, 5.41) is 0. The van der Waals surface area contributed by atoms with Crippen LogP contribution < -0.4 is 0 Å². The molecule has 1 aliphatic rings. The lowest BCUT2D eigenvalue weighted by Gasteiger charge is -2.27. The van der Waals surface area contributed by atoms with Gasteiger partial charge in [0.25, 0.3) is 10.2 Å². The molecule has 1 fully saturated rings. The number of halogens is 4. The summed E-state index contributed by atoms with van der Waals surface area (Å²) in [5.74, 6) is -0.164. The molecule has 0 unspecified atom stereocenters. The van der Waals surface area contributed by atoms with Crippen molar-refractivity contribution in [2.45, 2.75) is 19.0 Å². The predicted octanol–water partition coefficient (Wildman–Crippen LogP) is 1.43. The zero-order chi connectivity index (χ0) is 13.1. The molecule has 0 aliphatic carbocycles. The molecule has 0 aromatic heterocycles. The predicted molar refractivity (Wildman–Crippen MR) is 58.1 cm³/mol. The largest absolute Gasteiger partial charge is 0.402 e.